The zero-order valence-corrected chi connectivity index (χ0v) is 12.5. The van der Waals surface area contributed by atoms with E-state index in [9.17, 15) is 4.79 Å². The van der Waals surface area contributed by atoms with Crippen LogP contribution in [0.4, 0.5) is 0 Å². The van der Waals surface area contributed by atoms with Crippen LogP contribution in [0.3, 0.4) is 0 Å². The molecular formula is C17H27NO. The maximum Gasteiger partial charge on any atom is 0.227 e. The quantitative estimate of drug-likeness (QED) is 0.738. The molecule has 0 aromatic rings. The van der Waals surface area contributed by atoms with Crippen molar-refractivity contribution in [1.82, 2.24) is 5.32 Å². The molecule has 0 saturated heterocycles. The van der Waals surface area contributed by atoms with E-state index < -0.39 is 0 Å². The Morgan fingerprint density at radius 2 is 2.05 bits per heavy atom. The van der Waals surface area contributed by atoms with Crippen LogP contribution in [-0.2, 0) is 4.79 Å². The van der Waals surface area contributed by atoms with Crippen molar-refractivity contribution in [2.75, 3.05) is 0 Å². The minimum Gasteiger partial charge on any atom is -0.330 e. The van der Waals surface area contributed by atoms with Gasteiger partial charge in [-0.15, -0.1) is 0 Å². The Morgan fingerprint density at radius 3 is 2.63 bits per heavy atom. The van der Waals surface area contributed by atoms with Crippen LogP contribution >= 0.6 is 0 Å². The van der Waals surface area contributed by atoms with E-state index >= 15 is 0 Å². The van der Waals surface area contributed by atoms with Gasteiger partial charge in [0.15, 0.2) is 0 Å². The second-order valence-corrected chi connectivity index (χ2v) is 5.64. The third-order valence-electron chi connectivity index (χ3n) is 4.21. The third kappa shape index (κ3) is 5.06. The van der Waals surface area contributed by atoms with Crippen LogP contribution in [0.5, 0.6) is 0 Å². The molecule has 1 saturated carbocycles. The average molecular weight is 261 g/mol. The molecular weight excluding hydrogens is 234 g/mol. The SMILES string of the molecule is C=C/C=C\C/C(=C\C)NC(=O)C1CCC(C)[C@@H](C)C1. The first-order valence-electron chi connectivity index (χ1n) is 7.32. The topological polar surface area (TPSA) is 29.1 Å². The molecule has 0 aromatic heterocycles. The normalized spacial score (nSPS) is 28.4. The number of hydrogen-bond acceptors (Lipinski definition) is 1. The molecule has 2 nitrogen and oxygen atoms in total. The number of rotatable bonds is 5. The summed E-state index contributed by atoms with van der Waals surface area (Å²) in [4.78, 5) is 12.3. The fourth-order valence-corrected chi connectivity index (χ4v) is 2.58. The summed E-state index contributed by atoms with van der Waals surface area (Å²) in [7, 11) is 0. The van der Waals surface area contributed by atoms with E-state index in [1.165, 1.54) is 6.42 Å². The fourth-order valence-electron chi connectivity index (χ4n) is 2.58. The minimum atomic E-state index is 0.185. The van der Waals surface area contributed by atoms with E-state index in [1.807, 2.05) is 25.2 Å². The largest absolute Gasteiger partial charge is 0.330 e. The van der Waals surface area contributed by atoms with Gasteiger partial charge in [-0.2, -0.15) is 0 Å². The Morgan fingerprint density at radius 1 is 1.32 bits per heavy atom. The van der Waals surface area contributed by atoms with E-state index in [0.717, 1.165) is 30.9 Å². The summed E-state index contributed by atoms with van der Waals surface area (Å²) in [6.07, 6.45) is 11.6. The first kappa shape index (κ1) is 15.7. The van der Waals surface area contributed by atoms with Crippen LogP contribution < -0.4 is 5.32 Å². The van der Waals surface area contributed by atoms with Crippen molar-refractivity contribution in [3.05, 3.63) is 36.6 Å². The number of allylic oxidation sites excluding steroid dienone is 4. The van der Waals surface area contributed by atoms with Crippen LogP contribution in [0.1, 0.15) is 46.5 Å². The monoisotopic (exact) mass is 261 g/mol. The number of amides is 1. The zero-order valence-electron chi connectivity index (χ0n) is 12.5. The Balaban J connectivity index is 2.49. The molecule has 0 heterocycles. The van der Waals surface area contributed by atoms with Gasteiger partial charge in [-0.05, 0) is 38.0 Å². The van der Waals surface area contributed by atoms with Gasteiger partial charge in [0.2, 0.25) is 5.91 Å². The Bertz CT molecular complexity index is 367. The van der Waals surface area contributed by atoms with Gasteiger partial charge in [0.25, 0.3) is 0 Å². The van der Waals surface area contributed by atoms with Gasteiger partial charge in [0, 0.05) is 18.0 Å². The van der Waals surface area contributed by atoms with Crippen LogP contribution in [-0.4, -0.2) is 5.91 Å². The maximum absolute atomic E-state index is 12.3. The summed E-state index contributed by atoms with van der Waals surface area (Å²) >= 11 is 0. The summed E-state index contributed by atoms with van der Waals surface area (Å²) < 4.78 is 0. The molecule has 1 rings (SSSR count). The van der Waals surface area contributed by atoms with Gasteiger partial charge >= 0.3 is 0 Å². The highest BCUT2D eigenvalue weighted by molar-refractivity contribution is 5.80. The van der Waals surface area contributed by atoms with Gasteiger partial charge in [-0.1, -0.05) is 44.7 Å². The highest BCUT2D eigenvalue weighted by atomic mass is 16.1. The molecule has 19 heavy (non-hydrogen) atoms. The molecule has 1 amide bonds. The van der Waals surface area contributed by atoms with Crippen molar-refractivity contribution < 1.29 is 4.79 Å². The lowest BCUT2D eigenvalue weighted by Gasteiger charge is -2.31. The number of hydrogen-bond donors (Lipinski definition) is 1. The molecule has 0 aromatic carbocycles. The standard InChI is InChI=1S/C17H27NO/c1-5-7-8-9-16(6-2)18-17(19)15-11-10-13(3)14(4)12-15/h5-8,13-15H,1,9-12H2,2-4H3,(H,18,19)/b8-7-,16-6+/t13?,14-,15?/m0/s1. The van der Waals surface area contributed by atoms with Crippen molar-refractivity contribution >= 4 is 5.91 Å². The van der Waals surface area contributed by atoms with E-state index in [4.69, 9.17) is 0 Å². The summed E-state index contributed by atoms with van der Waals surface area (Å²) in [5.74, 6) is 1.78. The van der Waals surface area contributed by atoms with E-state index in [0.29, 0.717) is 5.92 Å². The average Bonchev–Trinajstić information content (AvgIpc) is 2.40. The van der Waals surface area contributed by atoms with Gasteiger partial charge in [0.1, 0.15) is 0 Å². The number of carbonyl (C=O) groups is 1. The number of carbonyl (C=O) groups excluding carboxylic acids is 1. The summed E-state index contributed by atoms with van der Waals surface area (Å²) in [6.45, 7) is 10.1. The third-order valence-corrected chi connectivity index (χ3v) is 4.21. The van der Waals surface area contributed by atoms with Gasteiger partial charge in [0.05, 0.1) is 0 Å². The Labute approximate surface area is 117 Å². The molecule has 0 bridgehead atoms. The molecule has 0 aliphatic heterocycles. The molecule has 3 atom stereocenters. The van der Waals surface area contributed by atoms with Crippen LogP contribution in [0.2, 0.25) is 0 Å². The smallest absolute Gasteiger partial charge is 0.227 e. The molecule has 106 valence electrons. The summed E-state index contributed by atoms with van der Waals surface area (Å²) in [5.41, 5.74) is 0.981. The van der Waals surface area contributed by atoms with Crippen LogP contribution in [0.25, 0.3) is 0 Å². The molecule has 2 unspecified atom stereocenters. The molecule has 2 heteroatoms. The zero-order chi connectivity index (χ0) is 14.3. The molecule has 1 N–H and O–H groups in total. The second-order valence-electron chi connectivity index (χ2n) is 5.64. The predicted molar refractivity (Wildman–Crippen MR) is 81.5 cm³/mol. The van der Waals surface area contributed by atoms with Gasteiger partial charge < -0.3 is 5.32 Å². The highest BCUT2D eigenvalue weighted by Gasteiger charge is 2.29. The van der Waals surface area contributed by atoms with Crippen molar-refractivity contribution in [2.24, 2.45) is 17.8 Å². The fraction of sp³-hybridized carbons (Fsp3) is 0.588. The lowest BCUT2D eigenvalue weighted by molar-refractivity contribution is -0.126. The minimum absolute atomic E-state index is 0.185. The lowest BCUT2D eigenvalue weighted by atomic mass is 9.75. The molecule has 1 aliphatic carbocycles. The van der Waals surface area contributed by atoms with E-state index in [1.54, 1.807) is 6.08 Å². The highest BCUT2D eigenvalue weighted by Crippen LogP contribution is 2.33. The van der Waals surface area contributed by atoms with Crippen molar-refractivity contribution in [3.8, 4) is 0 Å². The Kier molecular flexibility index (Phi) is 6.61. The van der Waals surface area contributed by atoms with Gasteiger partial charge in [-0.25, -0.2) is 0 Å². The first-order valence-corrected chi connectivity index (χ1v) is 7.32. The predicted octanol–water partition coefficient (Wildman–Crippen LogP) is 4.21. The van der Waals surface area contributed by atoms with E-state index in [2.05, 4.69) is 25.7 Å². The summed E-state index contributed by atoms with van der Waals surface area (Å²) in [6, 6.07) is 0. The van der Waals surface area contributed by atoms with Crippen LogP contribution in [0.15, 0.2) is 36.6 Å². The molecule has 0 radical (unpaired) electrons. The van der Waals surface area contributed by atoms with Crippen LogP contribution in [0, 0.1) is 17.8 Å². The molecule has 0 spiro atoms. The van der Waals surface area contributed by atoms with Crippen molar-refractivity contribution in [3.63, 3.8) is 0 Å². The maximum atomic E-state index is 12.3. The first-order chi connectivity index (χ1) is 9.08. The Hall–Kier alpha value is -1.31. The summed E-state index contributed by atoms with van der Waals surface area (Å²) in [5, 5.41) is 3.07. The molecule has 1 fully saturated rings. The van der Waals surface area contributed by atoms with Crippen molar-refractivity contribution in [1.29, 1.82) is 0 Å². The lowest BCUT2D eigenvalue weighted by Crippen LogP contribution is -2.34. The van der Waals surface area contributed by atoms with Gasteiger partial charge in [-0.3, -0.25) is 4.79 Å². The number of nitrogens with one attached hydrogen (secondary N) is 1. The molecule has 1 aliphatic rings. The second kappa shape index (κ2) is 7.98. The van der Waals surface area contributed by atoms with E-state index in [-0.39, 0.29) is 11.8 Å². The van der Waals surface area contributed by atoms with Crippen molar-refractivity contribution in [2.45, 2.75) is 46.5 Å².